The van der Waals surface area contributed by atoms with Gasteiger partial charge in [-0.15, -0.1) is 0 Å². The molecule has 0 spiro atoms. The number of rotatable bonds is 4. The van der Waals surface area contributed by atoms with E-state index in [9.17, 15) is 0 Å². The minimum Gasteiger partial charge on any atom is -0.265 e. The zero-order valence-corrected chi connectivity index (χ0v) is 23.5. The molecule has 0 saturated heterocycles. The molecule has 0 aliphatic heterocycles. The molecule has 6 rings (SSSR count). The molecule has 0 atom stereocenters. The van der Waals surface area contributed by atoms with Crippen LogP contribution in [0.2, 0.25) is 0 Å². The fraction of sp³-hybridized carbons (Fsp3) is 0.143. The molecule has 38 heavy (non-hydrogen) atoms. The van der Waals surface area contributed by atoms with Crippen LogP contribution in [0.25, 0.3) is 54.9 Å². The zero-order chi connectivity index (χ0) is 26.3. The molecule has 0 unspecified atom stereocenters. The van der Waals surface area contributed by atoms with E-state index in [0.29, 0.717) is 0 Å². The Bertz CT molecular complexity index is 1770. The number of hydrogen-bond acceptors (Lipinski definition) is 2. The second-order valence-electron chi connectivity index (χ2n) is 11.1. The molecule has 0 N–H and O–H groups in total. The predicted molar refractivity (Wildman–Crippen MR) is 164 cm³/mol. The van der Waals surface area contributed by atoms with Gasteiger partial charge in [0.25, 0.3) is 0 Å². The van der Waals surface area contributed by atoms with Crippen molar-refractivity contribution in [3.8, 4) is 33.4 Å². The van der Waals surface area contributed by atoms with E-state index in [1.54, 1.807) is 0 Å². The first-order valence-electron chi connectivity index (χ1n) is 13.0. The molecule has 0 bridgehead atoms. The van der Waals surface area contributed by atoms with E-state index in [0.717, 1.165) is 16.6 Å². The van der Waals surface area contributed by atoms with E-state index >= 15 is 0 Å². The third kappa shape index (κ3) is 4.75. The SMILES string of the molecule is CC(C)(C)Cc1cccc(-c2ccc3c(-c4ccc(Br)nc4)c4ccccc4c(-c4ccncc4)c3c2)c1. The monoisotopic (exact) mass is 556 g/mol. The topological polar surface area (TPSA) is 25.8 Å². The lowest BCUT2D eigenvalue weighted by atomic mass is 9.84. The fourth-order valence-corrected chi connectivity index (χ4v) is 5.73. The van der Waals surface area contributed by atoms with Crippen molar-refractivity contribution in [3.05, 3.63) is 120 Å². The van der Waals surface area contributed by atoms with Crippen LogP contribution in [0.1, 0.15) is 26.3 Å². The number of fused-ring (bicyclic) bond motifs is 2. The van der Waals surface area contributed by atoms with Crippen molar-refractivity contribution in [3.63, 3.8) is 0 Å². The smallest absolute Gasteiger partial charge is 0.106 e. The van der Waals surface area contributed by atoms with Gasteiger partial charge in [-0.3, -0.25) is 4.98 Å². The number of aromatic nitrogens is 2. The summed E-state index contributed by atoms with van der Waals surface area (Å²) in [7, 11) is 0. The first-order chi connectivity index (χ1) is 18.4. The Morgan fingerprint density at radius 3 is 1.95 bits per heavy atom. The van der Waals surface area contributed by atoms with Gasteiger partial charge in [-0.25, -0.2) is 4.98 Å². The summed E-state index contributed by atoms with van der Waals surface area (Å²) in [5, 5.41) is 4.89. The Morgan fingerprint density at radius 2 is 1.26 bits per heavy atom. The van der Waals surface area contributed by atoms with Crippen LogP contribution in [0.5, 0.6) is 0 Å². The Labute approximate surface area is 232 Å². The van der Waals surface area contributed by atoms with E-state index in [1.807, 2.05) is 24.7 Å². The molecule has 186 valence electrons. The molecule has 0 radical (unpaired) electrons. The fourth-order valence-electron chi connectivity index (χ4n) is 5.50. The van der Waals surface area contributed by atoms with Crippen molar-refractivity contribution in [2.45, 2.75) is 27.2 Å². The minimum absolute atomic E-state index is 0.239. The first-order valence-corrected chi connectivity index (χ1v) is 13.8. The van der Waals surface area contributed by atoms with Gasteiger partial charge in [-0.05, 0) is 107 Å². The average Bonchev–Trinajstić information content (AvgIpc) is 2.92. The summed E-state index contributed by atoms with van der Waals surface area (Å²) in [4.78, 5) is 8.86. The Hall–Kier alpha value is -3.82. The van der Waals surface area contributed by atoms with Crippen LogP contribution in [0.15, 0.2) is 114 Å². The molecular formula is C35H29BrN2. The maximum Gasteiger partial charge on any atom is 0.106 e. The third-order valence-corrected chi connectivity index (χ3v) is 7.47. The molecule has 6 aromatic rings. The van der Waals surface area contributed by atoms with Crippen LogP contribution >= 0.6 is 15.9 Å². The largest absolute Gasteiger partial charge is 0.265 e. The lowest BCUT2D eigenvalue weighted by molar-refractivity contribution is 0.411. The molecule has 0 aliphatic rings. The molecule has 0 fully saturated rings. The van der Waals surface area contributed by atoms with Crippen LogP contribution in [0, 0.1) is 5.41 Å². The summed E-state index contributed by atoms with van der Waals surface area (Å²) < 4.78 is 0.834. The molecule has 0 aliphatic carbocycles. The van der Waals surface area contributed by atoms with Crippen LogP contribution in [-0.2, 0) is 6.42 Å². The Balaban J connectivity index is 1.67. The van der Waals surface area contributed by atoms with E-state index < -0.39 is 0 Å². The highest BCUT2D eigenvalue weighted by atomic mass is 79.9. The summed E-state index contributed by atoms with van der Waals surface area (Å²) in [6, 6.07) is 33.0. The summed E-state index contributed by atoms with van der Waals surface area (Å²) in [5.74, 6) is 0. The van der Waals surface area contributed by atoms with Gasteiger partial charge in [-0.2, -0.15) is 0 Å². The van der Waals surface area contributed by atoms with Crippen LogP contribution in [0.3, 0.4) is 0 Å². The van der Waals surface area contributed by atoms with E-state index in [1.165, 1.54) is 54.9 Å². The van der Waals surface area contributed by atoms with Crippen molar-refractivity contribution in [2.75, 3.05) is 0 Å². The highest BCUT2D eigenvalue weighted by Crippen LogP contribution is 2.44. The number of hydrogen-bond donors (Lipinski definition) is 0. The minimum atomic E-state index is 0.239. The second-order valence-corrected chi connectivity index (χ2v) is 11.9. The molecule has 4 aromatic carbocycles. The van der Waals surface area contributed by atoms with Crippen molar-refractivity contribution < 1.29 is 0 Å². The van der Waals surface area contributed by atoms with Gasteiger partial charge in [0.2, 0.25) is 0 Å². The van der Waals surface area contributed by atoms with Crippen molar-refractivity contribution in [1.29, 1.82) is 0 Å². The second kappa shape index (κ2) is 9.81. The van der Waals surface area contributed by atoms with E-state index in [2.05, 4.69) is 132 Å². The van der Waals surface area contributed by atoms with Gasteiger partial charge < -0.3 is 0 Å². The summed E-state index contributed by atoms with van der Waals surface area (Å²) >= 11 is 3.50. The number of nitrogens with zero attached hydrogens (tertiary/aromatic N) is 2. The zero-order valence-electron chi connectivity index (χ0n) is 21.9. The van der Waals surface area contributed by atoms with Crippen LogP contribution in [-0.4, -0.2) is 9.97 Å². The molecule has 3 heteroatoms. The lowest BCUT2D eigenvalue weighted by Crippen LogP contribution is -2.08. The van der Waals surface area contributed by atoms with E-state index in [-0.39, 0.29) is 5.41 Å². The first kappa shape index (κ1) is 24.5. The van der Waals surface area contributed by atoms with Crippen molar-refractivity contribution in [1.82, 2.24) is 9.97 Å². The van der Waals surface area contributed by atoms with Crippen molar-refractivity contribution in [2.24, 2.45) is 5.41 Å². The van der Waals surface area contributed by atoms with Crippen molar-refractivity contribution >= 4 is 37.5 Å². The summed E-state index contributed by atoms with van der Waals surface area (Å²) in [6.07, 6.45) is 6.76. The number of halogens is 1. The molecule has 2 aromatic heterocycles. The van der Waals surface area contributed by atoms with Gasteiger partial charge in [0.1, 0.15) is 4.60 Å². The van der Waals surface area contributed by atoms with Crippen LogP contribution < -0.4 is 0 Å². The molecular weight excluding hydrogens is 528 g/mol. The van der Waals surface area contributed by atoms with Gasteiger partial charge >= 0.3 is 0 Å². The maximum absolute atomic E-state index is 4.56. The average molecular weight is 558 g/mol. The standard InChI is InChI=1S/C35H29BrN2/c1-35(2,3)21-23-7-6-8-25(19-23)26-11-13-30-31(20-26)33(24-15-17-37-18-16-24)28-9-4-5-10-29(28)34(30)27-12-14-32(36)38-22-27/h4-20,22H,21H2,1-3H3. The number of pyridine rings is 2. The van der Waals surface area contributed by atoms with Gasteiger partial charge in [0.05, 0.1) is 0 Å². The maximum atomic E-state index is 4.56. The molecule has 2 nitrogen and oxygen atoms in total. The molecule has 0 amide bonds. The van der Waals surface area contributed by atoms with Gasteiger partial charge in [-0.1, -0.05) is 87.5 Å². The Kier molecular flexibility index (Phi) is 6.33. The number of benzene rings is 4. The molecule has 2 heterocycles. The summed E-state index contributed by atoms with van der Waals surface area (Å²) in [6.45, 7) is 6.88. The van der Waals surface area contributed by atoms with Gasteiger partial charge in [0, 0.05) is 24.2 Å². The lowest BCUT2D eigenvalue weighted by Gasteiger charge is -2.20. The predicted octanol–water partition coefficient (Wildman–Crippen LogP) is 10.1. The highest BCUT2D eigenvalue weighted by molar-refractivity contribution is 9.10. The normalized spacial score (nSPS) is 11.8. The van der Waals surface area contributed by atoms with E-state index in [4.69, 9.17) is 0 Å². The third-order valence-electron chi connectivity index (χ3n) is 7.00. The van der Waals surface area contributed by atoms with Crippen LogP contribution in [0.4, 0.5) is 0 Å². The highest BCUT2D eigenvalue weighted by Gasteiger charge is 2.18. The van der Waals surface area contributed by atoms with Gasteiger partial charge in [0.15, 0.2) is 0 Å². The summed E-state index contributed by atoms with van der Waals surface area (Å²) in [5.41, 5.74) is 8.79. The Morgan fingerprint density at radius 1 is 0.605 bits per heavy atom. The quantitative estimate of drug-likeness (QED) is 0.159. The molecule has 0 saturated carbocycles.